The number of hydrogen-bond donors (Lipinski definition) is 3. The first-order valence-electron chi connectivity index (χ1n) is 35.5. The minimum Gasteiger partial charge on any atom is -0.507 e. The van der Waals surface area contributed by atoms with Gasteiger partial charge in [0, 0.05) is 126 Å². The van der Waals surface area contributed by atoms with E-state index in [0.29, 0.717) is 33.8 Å². The number of phenolic OH excluding ortho intramolecular Hbond substituents is 3. The first kappa shape index (κ1) is 72.4. The van der Waals surface area contributed by atoms with Crippen LogP contribution in [0.25, 0.3) is 183 Å². The SMILES string of the molecule is Oc1c(-c2cccc(-n3c4[c-]c(-c5ccccn5)ccc4c4ccccc43)n2)ccc2ccccc12.Oc1cc2ccccc2cc1-c1cccc(-n2c3[c-]c(-c4ccccn4)ccc3c3ccccc32)n1.Oc1ccccc1-c1cc2ccccc2c(-n2c3[c-]c(-c4ccccn4)ccc3c3ccccc32)n1.[Pt].[Pt].[Pt]. The van der Waals surface area contributed by atoms with E-state index in [-0.39, 0.29) is 80.4 Å². The van der Waals surface area contributed by atoms with Gasteiger partial charge in [0.05, 0.1) is 17.1 Å². The number of aromatic nitrogens is 9. The summed E-state index contributed by atoms with van der Waals surface area (Å²) in [5.41, 5.74) is 15.6. The van der Waals surface area contributed by atoms with Gasteiger partial charge in [0.2, 0.25) is 0 Å². The molecule has 0 bridgehead atoms. The number of para-hydroxylation sites is 4. The summed E-state index contributed by atoms with van der Waals surface area (Å²) in [4.78, 5) is 28.8. The second kappa shape index (κ2) is 31.0. The molecule has 0 radical (unpaired) electrons. The van der Waals surface area contributed by atoms with Crippen LogP contribution in [0.5, 0.6) is 17.2 Å². The van der Waals surface area contributed by atoms with Crippen LogP contribution < -0.4 is 0 Å². The fourth-order valence-electron chi connectivity index (χ4n) is 14.9. The van der Waals surface area contributed by atoms with Crippen LogP contribution in [0.3, 0.4) is 0 Å². The molecule has 111 heavy (non-hydrogen) atoms. The molecule has 0 aliphatic carbocycles. The van der Waals surface area contributed by atoms with Gasteiger partial charge in [-0.1, -0.05) is 210 Å². The number of rotatable bonds is 9. The van der Waals surface area contributed by atoms with Crippen LogP contribution >= 0.6 is 0 Å². The van der Waals surface area contributed by atoms with Gasteiger partial charge in [-0.15, -0.1) is 71.3 Å². The summed E-state index contributed by atoms with van der Waals surface area (Å²) in [6, 6.07) is 119. The second-order valence-electron chi connectivity index (χ2n) is 26.3. The summed E-state index contributed by atoms with van der Waals surface area (Å²) >= 11 is 0. The summed E-state index contributed by atoms with van der Waals surface area (Å²) in [7, 11) is 0. The van der Waals surface area contributed by atoms with Gasteiger partial charge in [-0.05, 0) is 168 Å². The molecule has 0 aliphatic heterocycles. The zero-order valence-electron chi connectivity index (χ0n) is 58.7. The average Bonchev–Trinajstić information content (AvgIpc) is 1.58. The standard InChI is InChI=1S/3C32H20N3O.3Pt/c36-31-15-6-4-12-26(31)28-19-21-9-1-2-10-23(21)32(34-28)35-29-14-5-3-11-24(29)25-17-16-22(20-30(25)35)27-13-7-8-18-33-27;36-32-23-9-2-1-8-21(23)15-18-26(32)28-12-7-14-31(34-28)35-29-13-4-3-10-24(29)25-17-16-22(20-30(25)35)27-11-5-6-19-33-27;36-31-20-22-9-2-1-8-21(22)18-26(31)28-12-7-14-32(34-28)35-29-13-4-3-10-24(29)25-16-15-23(19-30(25)35)27-11-5-6-17-33-27;;;/h2*1-19,36H;1-18,20,36H;;;/q3*-1;;;. The molecule has 0 atom stereocenters. The molecule has 21 aromatic rings. The van der Waals surface area contributed by atoms with E-state index >= 15 is 0 Å². The molecule has 540 valence electrons. The molecule has 3 N–H and O–H groups in total. The van der Waals surface area contributed by atoms with Crippen LogP contribution in [0.15, 0.2) is 346 Å². The molecule has 15 heteroatoms. The van der Waals surface area contributed by atoms with Crippen molar-refractivity contribution in [2.45, 2.75) is 0 Å². The van der Waals surface area contributed by atoms with Crippen molar-refractivity contribution >= 4 is 97.7 Å². The molecule has 0 aliphatic rings. The predicted octanol–water partition coefficient (Wildman–Crippen LogP) is 22.7. The fourth-order valence-corrected chi connectivity index (χ4v) is 14.9. The molecular formula is C96H60N9O3Pt3-3. The maximum absolute atomic E-state index is 11.1. The summed E-state index contributed by atoms with van der Waals surface area (Å²) in [6.45, 7) is 0. The van der Waals surface area contributed by atoms with E-state index in [1.54, 1.807) is 30.7 Å². The molecule has 0 fully saturated rings. The fraction of sp³-hybridized carbons (Fsp3) is 0. The van der Waals surface area contributed by atoms with Gasteiger partial charge in [-0.2, -0.15) is 0 Å². The molecule has 0 unspecified atom stereocenters. The first-order chi connectivity index (χ1) is 53.3. The quantitative estimate of drug-likeness (QED) is 0.120. The van der Waals surface area contributed by atoms with Crippen LogP contribution in [-0.4, -0.2) is 58.9 Å². The van der Waals surface area contributed by atoms with Crippen molar-refractivity contribution in [2.75, 3.05) is 0 Å². The number of hydrogen-bond acceptors (Lipinski definition) is 9. The zero-order chi connectivity index (χ0) is 72.2. The Morgan fingerprint density at radius 2 is 0.649 bits per heavy atom. The minimum atomic E-state index is 0. The van der Waals surface area contributed by atoms with Crippen molar-refractivity contribution in [3.8, 4) is 102 Å². The van der Waals surface area contributed by atoms with Gasteiger partial charge in [-0.3, -0.25) is 0 Å². The monoisotopic (exact) mass is 1970 g/mol. The van der Waals surface area contributed by atoms with E-state index in [0.717, 1.165) is 149 Å². The maximum atomic E-state index is 11.1. The van der Waals surface area contributed by atoms with Gasteiger partial charge in [0.15, 0.2) is 0 Å². The predicted molar refractivity (Wildman–Crippen MR) is 436 cm³/mol. The summed E-state index contributed by atoms with van der Waals surface area (Å²) in [5.74, 6) is 2.99. The van der Waals surface area contributed by atoms with E-state index in [1.807, 2.05) is 212 Å². The molecule has 0 amide bonds. The molecule has 9 heterocycles. The molecule has 12 nitrogen and oxygen atoms in total. The van der Waals surface area contributed by atoms with Crippen molar-refractivity contribution in [3.05, 3.63) is 364 Å². The maximum Gasteiger partial charge on any atom is 0.144 e. The smallest absolute Gasteiger partial charge is 0.144 e. The zero-order valence-corrected chi connectivity index (χ0v) is 65.5. The Labute approximate surface area is 680 Å². The summed E-state index contributed by atoms with van der Waals surface area (Å²) in [5, 5.41) is 45.1. The van der Waals surface area contributed by atoms with E-state index < -0.39 is 0 Å². The Balaban J connectivity index is 0.000000125. The average molecular weight is 1970 g/mol. The number of fused-ring (bicyclic) bond motifs is 12. The molecule has 0 saturated heterocycles. The Morgan fingerprint density at radius 1 is 0.243 bits per heavy atom. The molecular weight excluding hydrogens is 1910 g/mol. The van der Waals surface area contributed by atoms with Gasteiger partial charge in [-0.25, -0.2) is 15.0 Å². The van der Waals surface area contributed by atoms with Crippen molar-refractivity contribution < 1.29 is 78.5 Å². The van der Waals surface area contributed by atoms with Gasteiger partial charge in [0.25, 0.3) is 0 Å². The van der Waals surface area contributed by atoms with Gasteiger partial charge >= 0.3 is 0 Å². The molecule has 21 rings (SSSR count). The van der Waals surface area contributed by atoms with Crippen molar-refractivity contribution in [1.82, 2.24) is 43.6 Å². The molecule has 0 saturated carbocycles. The van der Waals surface area contributed by atoms with Crippen LogP contribution in [0.4, 0.5) is 0 Å². The third kappa shape index (κ3) is 13.4. The minimum absolute atomic E-state index is 0. The van der Waals surface area contributed by atoms with Crippen molar-refractivity contribution in [3.63, 3.8) is 0 Å². The molecule has 0 spiro atoms. The third-order valence-electron chi connectivity index (χ3n) is 19.9. The Kier molecular flexibility index (Phi) is 20.2. The van der Waals surface area contributed by atoms with E-state index in [4.69, 9.17) is 15.0 Å². The van der Waals surface area contributed by atoms with Crippen LogP contribution in [0.2, 0.25) is 0 Å². The van der Waals surface area contributed by atoms with Gasteiger partial charge in [0.1, 0.15) is 34.7 Å². The summed E-state index contributed by atoms with van der Waals surface area (Å²) in [6.07, 6.45) is 5.39. The van der Waals surface area contributed by atoms with Gasteiger partial charge < -0.3 is 44.0 Å². The summed E-state index contributed by atoms with van der Waals surface area (Å²) < 4.78 is 6.46. The largest absolute Gasteiger partial charge is 0.507 e. The topological polar surface area (TPSA) is 153 Å². The number of aromatic hydroxyl groups is 3. The van der Waals surface area contributed by atoms with Crippen molar-refractivity contribution in [2.24, 2.45) is 0 Å². The number of pyridine rings is 6. The first-order valence-corrected chi connectivity index (χ1v) is 35.5. The molecule has 9 aromatic heterocycles. The van der Waals surface area contributed by atoms with Crippen molar-refractivity contribution in [1.29, 1.82) is 0 Å². The number of nitrogens with zero attached hydrogens (tertiary/aromatic N) is 9. The van der Waals surface area contributed by atoms with Crippen LogP contribution in [-0.2, 0) is 63.2 Å². The van der Waals surface area contributed by atoms with E-state index in [9.17, 15) is 15.3 Å². The van der Waals surface area contributed by atoms with E-state index in [1.165, 1.54) is 0 Å². The molecule has 12 aromatic carbocycles. The second-order valence-corrected chi connectivity index (χ2v) is 26.3. The Bertz CT molecular complexity index is 6870. The van der Waals surface area contributed by atoms with E-state index in [2.05, 4.69) is 150 Å². The number of benzene rings is 12. The third-order valence-corrected chi connectivity index (χ3v) is 19.9. The normalized spacial score (nSPS) is 11.1. The Morgan fingerprint density at radius 3 is 1.15 bits per heavy atom. The van der Waals surface area contributed by atoms with Crippen LogP contribution in [0.1, 0.15) is 0 Å². The Hall–Kier alpha value is -12.8. The number of phenols is 3. The van der Waals surface area contributed by atoms with Crippen LogP contribution in [0, 0.1) is 18.2 Å².